The molecule has 1 saturated heterocycles. The fourth-order valence-electron chi connectivity index (χ4n) is 2.96. The molecule has 0 bridgehead atoms. The third-order valence-electron chi connectivity index (χ3n) is 4.01. The summed E-state index contributed by atoms with van der Waals surface area (Å²) in [6.45, 7) is 0.295. The lowest BCUT2D eigenvalue weighted by Crippen LogP contribution is -2.45. The molecule has 2 rings (SSSR count). The smallest absolute Gasteiger partial charge is 0.332 e. The Morgan fingerprint density at radius 1 is 1.26 bits per heavy atom. The molecule has 19 heavy (non-hydrogen) atoms. The minimum atomic E-state index is -1.02. The topological polar surface area (TPSA) is 87.1 Å². The highest BCUT2D eigenvalue weighted by atomic mass is 16.5. The van der Waals surface area contributed by atoms with E-state index in [1.54, 1.807) is 7.05 Å². The second kappa shape index (κ2) is 5.46. The Kier molecular flexibility index (Phi) is 4.10. The largest absolute Gasteiger partial charge is 0.479 e. The number of carbonyl (C=O) groups is 2. The average Bonchev–Trinajstić information content (AvgIpc) is 2.97. The van der Waals surface area contributed by atoms with Gasteiger partial charge < -0.3 is 19.8 Å². The van der Waals surface area contributed by atoms with Gasteiger partial charge in [-0.2, -0.15) is 0 Å². The first kappa shape index (κ1) is 14.3. The summed E-state index contributed by atoms with van der Waals surface area (Å²) in [5, 5.41) is 19.1. The van der Waals surface area contributed by atoms with Gasteiger partial charge in [0.2, 0.25) is 0 Å². The van der Waals surface area contributed by atoms with E-state index in [1.807, 2.05) is 0 Å². The van der Waals surface area contributed by atoms with E-state index in [1.165, 1.54) is 4.90 Å². The van der Waals surface area contributed by atoms with Gasteiger partial charge in [0, 0.05) is 13.6 Å². The van der Waals surface area contributed by atoms with Gasteiger partial charge in [0.1, 0.15) is 6.10 Å². The second-order valence-corrected chi connectivity index (χ2v) is 5.65. The van der Waals surface area contributed by atoms with Gasteiger partial charge in [0.25, 0.3) is 5.91 Å². The van der Waals surface area contributed by atoms with Crippen LogP contribution in [0.15, 0.2) is 0 Å². The summed E-state index contributed by atoms with van der Waals surface area (Å²) in [7, 11) is 1.63. The molecule has 1 heterocycles. The molecule has 2 atom stereocenters. The van der Waals surface area contributed by atoms with E-state index in [9.17, 15) is 14.7 Å². The van der Waals surface area contributed by atoms with E-state index in [2.05, 4.69) is 0 Å². The molecule has 0 aromatic heterocycles. The van der Waals surface area contributed by atoms with E-state index in [-0.39, 0.29) is 5.91 Å². The Hall–Kier alpha value is -1.14. The number of amides is 1. The first-order valence-corrected chi connectivity index (χ1v) is 6.77. The number of carboxylic acid groups (broad SMARTS) is 1. The first-order valence-electron chi connectivity index (χ1n) is 6.77. The van der Waals surface area contributed by atoms with Crippen molar-refractivity contribution < 1.29 is 24.5 Å². The van der Waals surface area contributed by atoms with Gasteiger partial charge in [-0.3, -0.25) is 4.79 Å². The van der Waals surface area contributed by atoms with Gasteiger partial charge in [0.15, 0.2) is 6.10 Å². The third-order valence-corrected chi connectivity index (χ3v) is 4.01. The lowest BCUT2D eigenvalue weighted by molar-refractivity contribution is -0.155. The van der Waals surface area contributed by atoms with Crippen molar-refractivity contribution in [3.63, 3.8) is 0 Å². The van der Waals surface area contributed by atoms with Gasteiger partial charge in [-0.05, 0) is 25.7 Å². The Bertz CT molecular complexity index is 364. The van der Waals surface area contributed by atoms with Crippen molar-refractivity contribution in [2.45, 2.75) is 56.3 Å². The van der Waals surface area contributed by atoms with Gasteiger partial charge in [-0.1, -0.05) is 12.8 Å². The van der Waals surface area contributed by atoms with Crippen LogP contribution in [0, 0.1) is 0 Å². The maximum absolute atomic E-state index is 12.1. The first-order chi connectivity index (χ1) is 8.91. The van der Waals surface area contributed by atoms with E-state index in [0.717, 1.165) is 12.8 Å². The molecule has 1 aliphatic heterocycles. The predicted octanol–water partition coefficient (Wildman–Crippen LogP) is 0.382. The summed E-state index contributed by atoms with van der Waals surface area (Å²) in [4.78, 5) is 24.4. The van der Waals surface area contributed by atoms with Crippen molar-refractivity contribution in [1.82, 2.24) is 4.90 Å². The third kappa shape index (κ3) is 3.25. The van der Waals surface area contributed by atoms with Gasteiger partial charge in [0.05, 0.1) is 5.60 Å². The molecule has 2 N–H and O–H groups in total. The molecule has 0 aromatic rings. The molecule has 0 spiro atoms. The van der Waals surface area contributed by atoms with Crippen molar-refractivity contribution in [3.05, 3.63) is 0 Å². The Labute approximate surface area is 112 Å². The normalized spacial score (nSPS) is 29.4. The number of rotatable bonds is 4. The van der Waals surface area contributed by atoms with E-state index in [4.69, 9.17) is 9.84 Å². The summed E-state index contributed by atoms with van der Waals surface area (Å²) >= 11 is 0. The molecule has 2 fully saturated rings. The minimum absolute atomic E-state index is 0.232. The van der Waals surface area contributed by atoms with Crippen LogP contribution < -0.4 is 0 Å². The maximum atomic E-state index is 12.1. The molecule has 1 aliphatic carbocycles. The highest BCUT2D eigenvalue weighted by Gasteiger charge is 2.39. The lowest BCUT2D eigenvalue weighted by atomic mass is 10.0. The van der Waals surface area contributed by atoms with Crippen LogP contribution in [0.3, 0.4) is 0 Å². The zero-order valence-corrected chi connectivity index (χ0v) is 11.2. The van der Waals surface area contributed by atoms with E-state index in [0.29, 0.717) is 32.2 Å². The molecule has 0 radical (unpaired) electrons. The van der Waals surface area contributed by atoms with Crippen LogP contribution in [0.1, 0.15) is 38.5 Å². The van der Waals surface area contributed by atoms with Crippen LogP contribution in [0.2, 0.25) is 0 Å². The number of hydrogen-bond donors (Lipinski definition) is 2. The molecule has 0 unspecified atom stereocenters. The number of nitrogens with zero attached hydrogens (tertiary/aromatic N) is 1. The summed E-state index contributed by atoms with van der Waals surface area (Å²) < 4.78 is 5.23. The molecular formula is C13H21NO5. The lowest BCUT2D eigenvalue weighted by Gasteiger charge is -2.30. The SMILES string of the molecule is CN(CC1(O)CCCC1)C(=O)[C@@H]1CC[C@H](C(=O)O)O1. The summed E-state index contributed by atoms with van der Waals surface area (Å²) in [6.07, 6.45) is 2.64. The van der Waals surface area contributed by atoms with Crippen molar-refractivity contribution >= 4 is 11.9 Å². The highest BCUT2D eigenvalue weighted by molar-refractivity contribution is 5.82. The van der Waals surface area contributed by atoms with Crippen LogP contribution in [-0.2, 0) is 14.3 Å². The van der Waals surface area contributed by atoms with E-state index >= 15 is 0 Å². The number of likely N-dealkylation sites (N-methyl/N-ethyl adjacent to an activating group) is 1. The van der Waals surface area contributed by atoms with Crippen LogP contribution in [0.25, 0.3) is 0 Å². The standard InChI is InChI=1S/C13H21NO5/c1-14(8-13(18)6-2-3-7-13)11(15)9-4-5-10(19-9)12(16)17/h9-10,18H,2-8H2,1H3,(H,16,17)/t9-,10+/m0/s1. The van der Waals surface area contributed by atoms with Crippen molar-refractivity contribution in [3.8, 4) is 0 Å². The molecule has 1 amide bonds. The van der Waals surface area contributed by atoms with E-state index < -0.39 is 23.8 Å². The fourth-order valence-corrected chi connectivity index (χ4v) is 2.96. The van der Waals surface area contributed by atoms with Gasteiger partial charge in [-0.15, -0.1) is 0 Å². The Morgan fingerprint density at radius 3 is 2.37 bits per heavy atom. The highest BCUT2D eigenvalue weighted by Crippen LogP contribution is 2.30. The monoisotopic (exact) mass is 271 g/mol. The Morgan fingerprint density at radius 2 is 1.84 bits per heavy atom. The summed E-state index contributed by atoms with van der Waals surface area (Å²) in [5.74, 6) is -1.25. The van der Waals surface area contributed by atoms with Crippen molar-refractivity contribution in [2.24, 2.45) is 0 Å². The predicted molar refractivity (Wildman–Crippen MR) is 66.6 cm³/mol. The number of ether oxygens (including phenoxy) is 1. The van der Waals surface area contributed by atoms with Crippen LogP contribution >= 0.6 is 0 Å². The van der Waals surface area contributed by atoms with Crippen LogP contribution in [0.4, 0.5) is 0 Å². The molecule has 6 heteroatoms. The molecule has 6 nitrogen and oxygen atoms in total. The maximum Gasteiger partial charge on any atom is 0.332 e. The summed E-state index contributed by atoms with van der Waals surface area (Å²) in [6, 6.07) is 0. The number of hydrogen-bond acceptors (Lipinski definition) is 4. The molecular weight excluding hydrogens is 250 g/mol. The zero-order chi connectivity index (χ0) is 14.0. The van der Waals surface area contributed by atoms with Gasteiger partial charge in [-0.25, -0.2) is 4.79 Å². The quantitative estimate of drug-likeness (QED) is 0.772. The van der Waals surface area contributed by atoms with Crippen molar-refractivity contribution in [2.75, 3.05) is 13.6 Å². The second-order valence-electron chi connectivity index (χ2n) is 5.65. The molecule has 1 saturated carbocycles. The number of aliphatic hydroxyl groups is 1. The molecule has 0 aromatic carbocycles. The minimum Gasteiger partial charge on any atom is -0.479 e. The summed E-state index contributed by atoms with van der Waals surface area (Å²) in [5.41, 5.74) is -0.783. The van der Waals surface area contributed by atoms with Crippen LogP contribution in [0.5, 0.6) is 0 Å². The fraction of sp³-hybridized carbons (Fsp3) is 0.846. The molecule has 2 aliphatic rings. The average molecular weight is 271 g/mol. The number of carbonyl (C=O) groups excluding carboxylic acids is 1. The van der Waals surface area contributed by atoms with Crippen LogP contribution in [-0.4, -0.2) is 58.4 Å². The zero-order valence-electron chi connectivity index (χ0n) is 11.2. The number of aliphatic carboxylic acids is 1. The van der Waals surface area contributed by atoms with Crippen molar-refractivity contribution in [1.29, 1.82) is 0 Å². The molecule has 108 valence electrons. The van der Waals surface area contributed by atoms with Gasteiger partial charge >= 0.3 is 5.97 Å². The number of carboxylic acids is 1. The Balaban J connectivity index is 1.87.